The average molecular weight is 256 g/mol. The van der Waals surface area contributed by atoms with E-state index < -0.39 is 0 Å². The summed E-state index contributed by atoms with van der Waals surface area (Å²) < 4.78 is 12.7. The fraction of sp³-hybridized carbons (Fsp3) is 0.462. The molecule has 2 nitrogen and oxygen atoms in total. The molecule has 1 aromatic rings. The molecule has 0 aromatic heterocycles. The Bertz CT molecular complexity index is 398. The molecule has 1 amide bonds. The molecule has 92 valence electrons. The van der Waals surface area contributed by atoms with E-state index in [-0.39, 0.29) is 17.3 Å². The largest absolute Gasteiger partial charge is 0.345 e. The summed E-state index contributed by atoms with van der Waals surface area (Å²) in [5.41, 5.74) is 0.204. The Labute approximate surface area is 105 Å². The van der Waals surface area contributed by atoms with Crippen LogP contribution < -0.4 is 5.32 Å². The van der Waals surface area contributed by atoms with E-state index in [0.29, 0.717) is 11.4 Å². The number of nitrogens with one attached hydrogen (secondary N) is 1. The zero-order valence-corrected chi connectivity index (χ0v) is 10.3. The number of carbonyl (C=O) groups is 1. The topological polar surface area (TPSA) is 29.1 Å². The summed E-state index contributed by atoms with van der Waals surface area (Å²) in [4.78, 5) is 12.0. The Morgan fingerprint density at radius 1 is 1.29 bits per heavy atom. The molecule has 0 aliphatic heterocycles. The van der Waals surface area contributed by atoms with Gasteiger partial charge in [0.25, 0.3) is 5.91 Å². The van der Waals surface area contributed by atoms with Gasteiger partial charge in [-0.1, -0.05) is 12.8 Å². The highest BCUT2D eigenvalue weighted by atomic mass is 35.5. The highest BCUT2D eigenvalue weighted by molar-refractivity contribution is 6.19. The molecule has 1 aliphatic rings. The number of benzene rings is 1. The quantitative estimate of drug-likeness (QED) is 0.827. The number of amides is 1. The maximum absolute atomic E-state index is 12.7. The van der Waals surface area contributed by atoms with Crippen LogP contribution in [0, 0.1) is 5.82 Å². The van der Waals surface area contributed by atoms with Crippen molar-refractivity contribution < 1.29 is 9.18 Å². The first-order valence-corrected chi connectivity index (χ1v) is 6.33. The van der Waals surface area contributed by atoms with E-state index in [4.69, 9.17) is 11.6 Å². The predicted molar refractivity (Wildman–Crippen MR) is 65.8 cm³/mol. The summed E-state index contributed by atoms with van der Waals surface area (Å²) in [7, 11) is 0. The third kappa shape index (κ3) is 2.78. The van der Waals surface area contributed by atoms with Crippen LogP contribution in [0.25, 0.3) is 0 Å². The van der Waals surface area contributed by atoms with Gasteiger partial charge in [-0.05, 0) is 37.1 Å². The Morgan fingerprint density at radius 2 is 1.88 bits per heavy atom. The minimum Gasteiger partial charge on any atom is -0.345 e. The Morgan fingerprint density at radius 3 is 2.41 bits per heavy atom. The minimum absolute atomic E-state index is 0.174. The first kappa shape index (κ1) is 12.4. The number of hydrogen-bond acceptors (Lipinski definition) is 1. The molecule has 0 radical (unpaired) electrons. The van der Waals surface area contributed by atoms with Crippen molar-refractivity contribution >= 4 is 17.5 Å². The van der Waals surface area contributed by atoms with E-state index in [2.05, 4.69) is 5.32 Å². The third-order valence-corrected chi connectivity index (χ3v) is 3.81. The van der Waals surface area contributed by atoms with Crippen molar-refractivity contribution in [1.82, 2.24) is 5.32 Å². The summed E-state index contributed by atoms with van der Waals surface area (Å²) >= 11 is 5.95. The molecule has 17 heavy (non-hydrogen) atoms. The van der Waals surface area contributed by atoms with Gasteiger partial charge in [0.1, 0.15) is 5.82 Å². The van der Waals surface area contributed by atoms with Crippen LogP contribution in [0.15, 0.2) is 24.3 Å². The first-order valence-electron chi connectivity index (χ1n) is 5.79. The Hall–Kier alpha value is -1.09. The molecule has 2 rings (SSSR count). The third-order valence-electron chi connectivity index (χ3n) is 3.30. The standard InChI is InChI=1S/C13H15ClFNO/c14-9-13(7-1-2-8-13)16-12(17)10-3-5-11(15)6-4-10/h3-6H,1-2,7-9H2,(H,16,17). The zero-order chi connectivity index (χ0) is 12.3. The summed E-state index contributed by atoms with van der Waals surface area (Å²) in [6, 6.07) is 5.55. The van der Waals surface area contributed by atoms with Crippen LogP contribution >= 0.6 is 11.6 Å². The van der Waals surface area contributed by atoms with Crippen LogP contribution in [0.2, 0.25) is 0 Å². The van der Waals surface area contributed by atoms with Crippen LogP contribution in [0.1, 0.15) is 36.0 Å². The lowest BCUT2D eigenvalue weighted by molar-refractivity contribution is 0.0909. The minimum atomic E-state index is -0.338. The second-order valence-corrected chi connectivity index (χ2v) is 4.85. The molecule has 0 spiro atoms. The summed E-state index contributed by atoms with van der Waals surface area (Å²) in [6.45, 7) is 0. The molecule has 0 unspecified atom stereocenters. The zero-order valence-electron chi connectivity index (χ0n) is 9.51. The van der Waals surface area contributed by atoms with E-state index in [0.717, 1.165) is 25.7 Å². The summed E-state index contributed by atoms with van der Waals surface area (Å²) in [5.74, 6) is -0.0815. The molecule has 0 bridgehead atoms. The number of hydrogen-bond donors (Lipinski definition) is 1. The number of alkyl halides is 1. The molecule has 1 fully saturated rings. The number of rotatable bonds is 3. The van der Waals surface area contributed by atoms with E-state index in [1.807, 2.05) is 0 Å². The SMILES string of the molecule is O=C(NC1(CCl)CCCC1)c1ccc(F)cc1. The maximum Gasteiger partial charge on any atom is 0.251 e. The van der Waals surface area contributed by atoms with Gasteiger partial charge in [-0.2, -0.15) is 0 Å². The Balaban J connectivity index is 2.08. The molecule has 4 heteroatoms. The highest BCUT2D eigenvalue weighted by Crippen LogP contribution is 2.30. The van der Waals surface area contributed by atoms with Crippen molar-refractivity contribution in [1.29, 1.82) is 0 Å². The number of halogens is 2. The monoisotopic (exact) mass is 255 g/mol. The van der Waals surface area contributed by atoms with Crippen LogP contribution in [-0.2, 0) is 0 Å². The average Bonchev–Trinajstić information content (AvgIpc) is 2.79. The van der Waals surface area contributed by atoms with Crippen LogP contribution in [-0.4, -0.2) is 17.3 Å². The fourth-order valence-corrected chi connectivity index (χ4v) is 2.59. The lowest BCUT2D eigenvalue weighted by Gasteiger charge is -2.27. The van der Waals surface area contributed by atoms with Crippen molar-refractivity contribution in [3.63, 3.8) is 0 Å². The second kappa shape index (κ2) is 5.05. The normalized spacial score (nSPS) is 18.0. The van der Waals surface area contributed by atoms with E-state index in [9.17, 15) is 9.18 Å². The van der Waals surface area contributed by atoms with Gasteiger partial charge in [0, 0.05) is 11.4 Å². The highest BCUT2D eigenvalue weighted by Gasteiger charge is 2.34. The molecule has 1 saturated carbocycles. The van der Waals surface area contributed by atoms with Gasteiger partial charge in [0.05, 0.1) is 5.54 Å². The molecule has 0 atom stereocenters. The van der Waals surface area contributed by atoms with Gasteiger partial charge in [0.15, 0.2) is 0 Å². The van der Waals surface area contributed by atoms with E-state index >= 15 is 0 Å². The van der Waals surface area contributed by atoms with Crippen molar-refractivity contribution in [2.75, 3.05) is 5.88 Å². The second-order valence-electron chi connectivity index (χ2n) is 4.58. The maximum atomic E-state index is 12.7. The van der Waals surface area contributed by atoms with Crippen molar-refractivity contribution in [2.45, 2.75) is 31.2 Å². The van der Waals surface area contributed by atoms with Crippen LogP contribution in [0.3, 0.4) is 0 Å². The van der Waals surface area contributed by atoms with Gasteiger partial charge in [-0.25, -0.2) is 4.39 Å². The molecule has 1 aromatic carbocycles. The molecule has 1 aliphatic carbocycles. The van der Waals surface area contributed by atoms with Crippen LogP contribution in [0.5, 0.6) is 0 Å². The molecule has 1 N–H and O–H groups in total. The molecular formula is C13H15ClFNO. The summed E-state index contributed by atoms with van der Waals surface area (Å²) in [5, 5.41) is 2.98. The lowest BCUT2D eigenvalue weighted by Crippen LogP contribution is -2.47. The van der Waals surface area contributed by atoms with E-state index in [1.165, 1.54) is 24.3 Å². The smallest absolute Gasteiger partial charge is 0.251 e. The Kier molecular flexibility index (Phi) is 3.67. The van der Waals surface area contributed by atoms with Crippen molar-refractivity contribution in [2.24, 2.45) is 0 Å². The fourth-order valence-electron chi connectivity index (χ4n) is 2.26. The van der Waals surface area contributed by atoms with E-state index in [1.54, 1.807) is 0 Å². The molecule has 0 heterocycles. The lowest BCUT2D eigenvalue weighted by atomic mass is 9.99. The van der Waals surface area contributed by atoms with Gasteiger partial charge in [-0.15, -0.1) is 11.6 Å². The molecular weight excluding hydrogens is 241 g/mol. The van der Waals surface area contributed by atoms with Crippen molar-refractivity contribution in [3.8, 4) is 0 Å². The van der Waals surface area contributed by atoms with Gasteiger partial charge in [0.2, 0.25) is 0 Å². The van der Waals surface area contributed by atoms with Crippen LogP contribution in [0.4, 0.5) is 4.39 Å². The van der Waals surface area contributed by atoms with Crippen molar-refractivity contribution in [3.05, 3.63) is 35.6 Å². The number of carbonyl (C=O) groups excluding carboxylic acids is 1. The van der Waals surface area contributed by atoms with Gasteiger partial charge < -0.3 is 5.32 Å². The summed E-state index contributed by atoms with van der Waals surface area (Å²) in [6.07, 6.45) is 4.03. The first-order chi connectivity index (χ1) is 8.15. The van der Waals surface area contributed by atoms with Gasteiger partial charge >= 0.3 is 0 Å². The predicted octanol–water partition coefficient (Wildman–Crippen LogP) is 3.11. The molecule has 0 saturated heterocycles. The van der Waals surface area contributed by atoms with Gasteiger partial charge in [-0.3, -0.25) is 4.79 Å².